The molecule has 832 valence electrons. The fourth-order valence-corrected chi connectivity index (χ4v) is 16.6. The number of amides is 17. The molecular formula is C94H150N30O26. The highest BCUT2D eigenvalue weighted by Gasteiger charge is 2.45. The zero-order valence-corrected chi connectivity index (χ0v) is 85.2. The van der Waals surface area contributed by atoms with Crippen LogP contribution in [-0.4, -0.2) is 357 Å². The van der Waals surface area contributed by atoms with E-state index in [0.29, 0.717) is 30.5 Å². The average Bonchev–Trinajstić information content (AvgIpc) is 1.64. The fourth-order valence-electron chi connectivity index (χ4n) is 16.6. The average molecular weight is 2120 g/mol. The van der Waals surface area contributed by atoms with Gasteiger partial charge in [-0.15, -0.1) is 0 Å². The van der Waals surface area contributed by atoms with Crippen molar-refractivity contribution in [2.24, 2.45) is 40.7 Å². The number of benzene rings is 2. The summed E-state index contributed by atoms with van der Waals surface area (Å²) >= 11 is 0. The lowest BCUT2D eigenvalue weighted by Gasteiger charge is -2.31. The molecule has 56 nitrogen and oxygen atoms in total. The molecule has 18 atom stereocenters. The predicted molar refractivity (Wildman–Crippen MR) is 539 cm³/mol. The van der Waals surface area contributed by atoms with Gasteiger partial charge in [0.15, 0.2) is 23.8 Å². The normalized spacial score (nSPS) is 17.1. The Labute approximate surface area is 866 Å². The van der Waals surface area contributed by atoms with Crippen LogP contribution >= 0.6 is 0 Å². The smallest absolute Gasteiger partial charge is 0.326 e. The SMILES string of the molecule is CC(C)C[C@H](NC(=O)[C@H](CCC(=O)O)NC(=O)[C@H](CCCNC(=N)N)NC(=O)[C@@H]1CCCN1)C(=O)N1CCC[C@H]1C(=O)N[C@@H](C)C(=O)N[C@@H](CCCNC(=N)N)C(=O)N[C@@H](CCCNC(=N)N)C(=O)N[C@H](C(=O)N[C@@H](CO)C(=O)N[C@@H](CC(=O)O)C(=O)N[C@@H](CO)C(=O)N[C@@H](Cc1ccccc1)C(=O)N[C@@H](Cc1ccccc1)C(=O)N[C@@H](CCCNC(=N)N)C(=O)N1CCC[C@H]1C(=O)N[C@@H](CO)C(=O)N[C@H](C(=O)O)C(C)C)C(C)C. The molecule has 5 rings (SSSR count). The molecule has 3 fully saturated rings. The predicted octanol–water partition coefficient (Wildman–Crippen LogP) is -9.69. The third kappa shape index (κ3) is 43.3. The monoisotopic (exact) mass is 2120 g/mol. The number of carbonyl (C=O) groups is 20. The first-order valence-corrected chi connectivity index (χ1v) is 49.8. The first kappa shape index (κ1) is 125. The van der Waals surface area contributed by atoms with E-state index in [1.54, 1.807) is 74.5 Å². The topological polar surface area (TPSA) is 909 Å². The van der Waals surface area contributed by atoms with Gasteiger partial charge in [-0.25, -0.2) is 4.79 Å². The van der Waals surface area contributed by atoms with E-state index < -0.39 is 296 Å². The van der Waals surface area contributed by atoms with Crippen LogP contribution in [0.5, 0.6) is 0 Å². The number of carboxylic acids is 3. The molecular weight excluding hydrogens is 1970 g/mol. The number of nitrogens with zero attached hydrogens (tertiary/aromatic N) is 2. The van der Waals surface area contributed by atoms with Crippen LogP contribution in [0.1, 0.15) is 175 Å². The number of hydrogen-bond donors (Lipinski definition) is 34. The summed E-state index contributed by atoms with van der Waals surface area (Å²) in [6.07, 6.45) is -1.87. The molecule has 2 aromatic carbocycles. The van der Waals surface area contributed by atoms with Crippen molar-refractivity contribution in [3.05, 3.63) is 71.8 Å². The zero-order valence-electron chi connectivity index (χ0n) is 85.2. The highest BCUT2D eigenvalue weighted by molar-refractivity contribution is 6.03. The maximum Gasteiger partial charge on any atom is 0.326 e. The van der Waals surface area contributed by atoms with Crippen LogP contribution in [0.15, 0.2) is 60.7 Å². The molecule has 0 unspecified atom stereocenters. The van der Waals surface area contributed by atoms with Gasteiger partial charge in [0.2, 0.25) is 100 Å². The molecule has 0 radical (unpaired) electrons. The van der Waals surface area contributed by atoms with Crippen LogP contribution in [0.4, 0.5) is 0 Å². The molecule has 56 heteroatoms. The number of nitrogens with two attached hydrogens (primary N) is 4. The molecule has 0 aromatic heterocycles. The van der Waals surface area contributed by atoms with Crippen molar-refractivity contribution < 1.29 is 127 Å². The third-order valence-corrected chi connectivity index (χ3v) is 24.6. The number of aliphatic hydroxyl groups is 3. The Bertz CT molecular complexity index is 4980. The minimum Gasteiger partial charge on any atom is -0.481 e. The maximum absolute atomic E-state index is 15.0. The number of guanidine groups is 4. The molecule has 3 aliphatic heterocycles. The molecule has 3 saturated heterocycles. The standard InChI is InChI=1S/C94H150N30O26/c1-48(2)41-63(117-77(136)58(32-33-69(128)129)112-76(135)56(27-16-36-105-92(97)98)110-74(133)54-25-14-34-103-54)89(148)124-40-19-30-67(124)85(144)108-51(7)73(132)109-55(26-15-35-104-91(95)96)75(134)111-57(28-17-37-106-93(99)100)78(137)121-71(49(3)4)87(146)120-65(46-126)83(142)116-62(44-70(130)131)81(140)118-64(45-125)82(141)115-61(43-53-23-12-9-13-24-53)80(139)114-60(42-52-21-10-8-11-22-52)79(138)113-59(29-18-38-107-94(101)102)88(147)123-39-20-31-68(123)86(145)119-66(47-127)84(143)122-72(50(5)6)90(149)150/h8-13,21-24,48-51,54-68,71-72,103,125-127H,14-20,25-47H2,1-7H3,(H,108,144)(H,109,132)(H,110,133)(H,111,134)(H,112,135)(H,113,138)(H,114,139)(H,115,141)(H,116,142)(H,117,136)(H,118,140)(H,119,145)(H,120,146)(H,121,137)(H,122,143)(H,128,129)(H,130,131)(H,149,150)(H4,95,96,104)(H4,97,98,105)(H4,99,100,106)(H4,101,102,107)/t51-,54-,55-,56-,57-,58-,59-,60-,61-,62-,63-,64-,65-,66-,67-,68-,71-,72-/m0/s1. The van der Waals surface area contributed by atoms with E-state index >= 15 is 0 Å². The minimum atomic E-state index is -2.21. The highest BCUT2D eigenvalue weighted by atomic mass is 16.4. The molecule has 3 heterocycles. The maximum atomic E-state index is 15.0. The molecule has 2 aromatic rings. The fraction of sp³-hybridized carbons (Fsp3) is 0.617. The second-order valence-electron chi connectivity index (χ2n) is 37.8. The number of carbonyl (C=O) groups excluding carboxylic acids is 17. The summed E-state index contributed by atoms with van der Waals surface area (Å²) < 4.78 is 0. The van der Waals surface area contributed by atoms with Gasteiger partial charge < -0.3 is 170 Å². The Balaban J connectivity index is 1.34. The van der Waals surface area contributed by atoms with E-state index in [0.717, 1.165) is 4.90 Å². The largest absolute Gasteiger partial charge is 0.481 e. The number of hydrogen-bond acceptors (Lipinski definition) is 28. The number of likely N-dealkylation sites (tertiary alicyclic amines) is 2. The lowest BCUT2D eigenvalue weighted by atomic mass is 10.0. The van der Waals surface area contributed by atoms with Crippen molar-refractivity contribution in [1.82, 2.24) is 116 Å². The lowest BCUT2D eigenvalue weighted by molar-refractivity contribution is -0.144. The molecule has 0 aliphatic carbocycles. The van der Waals surface area contributed by atoms with E-state index in [1.807, 2.05) is 0 Å². The van der Waals surface area contributed by atoms with Gasteiger partial charge in [0.05, 0.1) is 32.3 Å². The van der Waals surface area contributed by atoms with Crippen LogP contribution in [0.3, 0.4) is 0 Å². The number of nitrogens with one attached hydrogen (secondary N) is 24. The van der Waals surface area contributed by atoms with Gasteiger partial charge in [0.1, 0.15) is 103 Å². The summed E-state index contributed by atoms with van der Waals surface area (Å²) in [4.78, 5) is 283. The van der Waals surface area contributed by atoms with Gasteiger partial charge in [-0.2, -0.15) is 0 Å². The van der Waals surface area contributed by atoms with Gasteiger partial charge >= 0.3 is 17.9 Å². The summed E-state index contributed by atoms with van der Waals surface area (Å²) in [5, 5.41) is 142. The number of aliphatic hydroxyl groups excluding tert-OH is 3. The molecule has 150 heavy (non-hydrogen) atoms. The van der Waals surface area contributed by atoms with E-state index in [-0.39, 0.29) is 147 Å². The summed E-state index contributed by atoms with van der Waals surface area (Å²) in [7, 11) is 0. The zero-order chi connectivity index (χ0) is 112. The summed E-state index contributed by atoms with van der Waals surface area (Å²) in [5.41, 5.74) is 22.9. The van der Waals surface area contributed by atoms with Gasteiger partial charge in [-0.3, -0.25) is 113 Å². The Kier molecular flexibility index (Phi) is 53.5. The van der Waals surface area contributed by atoms with Crippen molar-refractivity contribution >= 4 is 142 Å². The molecule has 0 saturated carbocycles. The van der Waals surface area contributed by atoms with Crippen molar-refractivity contribution in [2.75, 3.05) is 65.6 Å². The van der Waals surface area contributed by atoms with Crippen LogP contribution in [-0.2, 0) is 109 Å². The Morgan fingerprint density at radius 1 is 0.353 bits per heavy atom. The summed E-state index contributed by atoms with van der Waals surface area (Å²) in [6, 6.07) is -12.1. The van der Waals surface area contributed by atoms with Crippen molar-refractivity contribution in [2.45, 2.75) is 286 Å². The molecule has 17 amide bonds. The number of aliphatic carboxylic acids is 3. The van der Waals surface area contributed by atoms with Crippen LogP contribution in [0.25, 0.3) is 0 Å². The first-order chi connectivity index (χ1) is 71.0. The van der Waals surface area contributed by atoms with E-state index in [4.69, 9.17) is 44.6 Å². The van der Waals surface area contributed by atoms with Gasteiger partial charge in [-0.05, 0) is 145 Å². The first-order valence-electron chi connectivity index (χ1n) is 49.8. The number of carboxylic acid groups (broad SMARTS) is 3. The second-order valence-corrected chi connectivity index (χ2v) is 37.8. The van der Waals surface area contributed by atoms with Crippen LogP contribution in [0, 0.1) is 39.4 Å². The Hall–Kier alpha value is -15.2. The van der Waals surface area contributed by atoms with Gasteiger partial charge in [0.25, 0.3) is 0 Å². The van der Waals surface area contributed by atoms with Crippen molar-refractivity contribution in [1.29, 1.82) is 21.6 Å². The van der Waals surface area contributed by atoms with Crippen molar-refractivity contribution in [3.8, 4) is 0 Å². The molecule has 0 bridgehead atoms. The number of rotatable bonds is 65. The minimum absolute atomic E-state index is 0.00348. The van der Waals surface area contributed by atoms with E-state index in [2.05, 4.69) is 106 Å². The van der Waals surface area contributed by atoms with E-state index in [9.17, 15) is 127 Å². The highest BCUT2D eigenvalue weighted by Crippen LogP contribution is 2.25. The van der Waals surface area contributed by atoms with Gasteiger partial charge in [-0.1, -0.05) is 102 Å². The van der Waals surface area contributed by atoms with Gasteiger partial charge in [0, 0.05) is 58.5 Å². The quantitative estimate of drug-likeness (QED) is 0.0166. The van der Waals surface area contributed by atoms with Crippen molar-refractivity contribution in [3.63, 3.8) is 0 Å². The molecule has 3 aliphatic rings. The Morgan fingerprint density at radius 2 is 0.680 bits per heavy atom. The molecule has 0 spiro atoms. The van der Waals surface area contributed by atoms with E-state index in [1.165, 1.54) is 39.5 Å². The third-order valence-electron chi connectivity index (χ3n) is 24.6. The lowest BCUT2D eigenvalue weighted by Crippen LogP contribution is -2.62. The molecule has 38 N–H and O–H groups in total. The second kappa shape index (κ2) is 64.1. The summed E-state index contributed by atoms with van der Waals surface area (Å²) in [6.45, 7) is 7.57. The Morgan fingerprint density at radius 3 is 1.08 bits per heavy atom. The summed E-state index contributed by atoms with van der Waals surface area (Å²) in [5.74, 6) is -25.3. The van der Waals surface area contributed by atoms with Crippen LogP contribution < -0.4 is 129 Å². The van der Waals surface area contributed by atoms with Crippen LogP contribution in [0.2, 0.25) is 0 Å².